The van der Waals surface area contributed by atoms with E-state index in [1.54, 1.807) is 0 Å². The zero-order chi connectivity index (χ0) is 27.2. The maximum atomic E-state index is 11.6. The SMILES string of the molecule is C=CC(=O)COc1ccc(C2(c3ccc(OCCOC(=O)C=C)cc3)c3ccccc3-c3ccccc32)cc1. The number of rotatable bonds is 11. The number of carbonyl (C=O) groups excluding carboxylic acids is 2. The summed E-state index contributed by atoms with van der Waals surface area (Å²) in [6.07, 6.45) is 2.39. The molecule has 5 nitrogen and oxygen atoms in total. The first-order chi connectivity index (χ1) is 19.1. The quantitative estimate of drug-likeness (QED) is 0.117. The Bertz CT molecular complexity index is 1470. The highest BCUT2D eigenvalue weighted by Gasteiger charge is 2.45. The van der Waals surface area contributed by atoms with E-state index in [4.69, 9.17) is 14.2 Å². The summed E-state index contributed by atoms with van der Waals surface area (Å²) >= 11 is 0. The summed E-state index contributed by atoms with van der Waals surface area (Å²) in [4.78, 5) is 22.9. The molecule has 1 aliphatic carbocycles. The van der Waals surface area contributed by atoms with Crippen molar-refractivity contribution in [2.45, 2.75) is 5.41 Å². The van der Waals surface area contributed by atoms with E-state index in [0.717, 1.165) is 17.2 Å². The van der Waals surface area contributed by atoms with Gasteiger partial charge in [0.25, 0.3) is 0 Å². The van der Waals surface area contributed by atoms with Gasteiger partial charge in [0.05, 0.1) is 5.41 Å². The van der Waals surface area contributed by atoms with E-state index >= 15 is 0 Å². The van der Waals surface area contributed by atoms with Crippen LogP contribution in [0.2, 0.25) is 0 Å². The Morgan fingerprint density at radius 2 is 1.15 bits per heavy atom. The summed E-state index contributed by atoms with van der Waals surface area (Å²) in [5, 5.41) is 0. The van der Waals surface area contributed by atoms with Crippen LogP contribution in [0.25, 0.3) is 11.1 Å². The number of hydrogen-bond donors (Lipinski definition) is 0. The second kappa shape index (κ2) is 11.2. The topological polar surface area (TPSA) is 61.8 Å². The molecule has 194 valence electrons. The molecule has 0 atom stereocenters. The normalized spacial score (nSPS) is 12.5. The minimum absolute atomic E-state index is 0.0477. The molecule has 0 spiro atoms. The van der Waals surface area contributed by atoms with Gasteiger partial charge in [-0.3, -0.25) is 4.79 Å². The number of ketones is 1. The minimum atomic E-state index is -0.569. The van der Waals surface area contributed by atoms with Crippen molar-refractivity contribution in [2.24, 2.45) is 0 Å². The molecular formula is C34H28O5. The number of esters is 1. The first-order valence-electron chi connectivity index (χ1n) is 12.7. The van der Waals surface area contributed by atoms with Crippen LogP contribution in [-0.2, 0) is 19.7 Å². The van der Waals surface area contributed by atoms with Crippen LogP contribution in [0.15, 0.2) is 122 Å². The summed E-state index contributed by atoms with van der Waals surface area (Å²) < 4.78 is 16.5. The highest BCUT2D eigenvalue weighted by atomic mass is 16.6. The molecule has 0 saturated carbocycles. The van der Waals surface area contributed by atoms with Gasteiger partial charge in [-0.05, 0) is 63.7 Å². The third-order valence-electron chi connectivity index (χ3n) is 6.90. The molecule has 0 saturated heterocycles. The maximum absolute atomic E-state index is 11.6. The Hall–Kier alpha value is -4.90. The predicted octanol–water partition coefficient (Wildman–Crippen LogP) is 6.29. The average molecular weight is 517 g/mol. The first kappa shape index (κ1) is 25.7. The van der Waals surface area contributed by atoms with Gasteiger partial charge in [-0.2, -0.15) is 0 Å². The second-order valence-electron chi connectivity index (χ2n) is 9.07. The molecule has 0 heterocycles. The van der Waals surface area contributed by atoms with Crippen LogP contribution in [0, 0.1) is 0 Å². The lowest BCUT2D eigenvalue weighted by atomic mass is 9.68. The molecule has 4 aromatic rings. The molecule has 1 aliphatic rings. The van der Waals surface area contributed by atoms with Gasteiger partial charge in [-0.25, -0.2) is 4.79 Å². The van der Waals surface area contributed by atoms with Crippen LogP contribution < -0.4 is 9.47 Å². The molecule has 0 N–H and O–H groups in total. The highest BCUT2D eigenvalue weighted by molar-refractivity contribution is 5.90. The molecule has 4 aromatic carbocycles. The van der Waals surface area contributed by atoms with Crippen molar-refractivity contribution in [1.82, 2.24) is 0 Å². The second-order valence-corrected chi connectivity index (χ2v) is 9.07. The fraction of sp³-hybridized carbons (Fsp3) is 0.118. The van der Waals surface area contributed by atoms with Gasteiger partial charge in [0.1, 0.15) is 24.7 Å². The van der Waals surface area contributed by atoms with Crippen LogP contribution in [0.1, 0.15) is 22.3 Å². The van der Waals surface area contributed by atoms with Crippen molar-refractivity contribution >= 4 is 11.8 Å². The maximum Gasteiger partial charge on any atom is 0.330 e. The van der Waals surface area contributed by atoms with Crippen LogP contribution >= 0.6 is 0 Å². The molecule has 0 fully saturated rings. The molecule has 0 bridgehead atoms. The number of ether oxygens (including phenoxy) is 3. The monoisotopic (exact) mass is 516 g/mol. The lowest BCUT2D eigenvalue weighted by molar-refractivity contribution is -0.138. The van der Waals surface area contributed by atoms with Gasteiger partial charge >= 0.3 is 5.97 Å². The third kappa shape index (κ3) is 4.87. The van der Waals surface area contributed by atoms with Gasteiger partial charge < -0.3 is 14.2 Å². The van der Waals surface area contributed by atoms with E-state index in [2.05, 4.69) is 86.0 Å². The van der Waals surface area contributed by atoms with Crippen molar-refractivity contribution in [1.29, 1.82) is 0 Å². The summed E-state index contributed by atoms with van der Waals surface area (Å²) in [6.45, 7) is 7.23. The summed E-state index contributed by atoms with van der Waals surface area (Å²) in [5.41, 5.74) is 6.34. The van der Waals surface area contributed by atoms with Gasteiger partial charge in [0, 0.05) is 6.08 Å². The fourth-order valence-corrected chi connectivity index (χ4v) is 5.20. The van der Waals surface area contributed by atoms with Gasteiger partial charge in [-0.1, -0.05) is 86.0 Å². The van der Waals surface area contributed by atoms with Crippen molar-refractivity contribution in [3.63, 3.8) is 0 Å². The van der Waals surface area contributed by atoms with E-state index in [9.17, 15) is 9.59 Å². The highest BCUT2D eigenvalue weighted by Crippen LogP contribution is 2.56. The zero-order valence-electron chi connectivity index (χ0n) is 21.5. The predicted molar refractivity (Wildman–Crippen MR) is 151 cm³/mol. The summed E-state index contributed by atoms with van der Waals surface area (Å²) in [5.74, 6) is 0.650. The zero-order valence-corrected chi connectivity index (χ0v) is 21.5. The molecule has 5 rings (SSSR count). The fourth-order valence-electron chi connectivity index (χ4n) is 5.20. The Morgan fingerprint density at radius 3 is 1.67 bits per heavy atom. The molecule has 5 heteroatoms. The molecule has 0 aromatic heterocycles. The van der Waals surface area contributed by atoms with Gasteiger partial charge in [-0.15, -0.1) is 0 Å². The van der Waals surface area contributed by atoms with E-state index in [0.29, 0.717) is 11.5 Å². The molecule has 0 unspecified atom stereocenters. The lowest BCUT2D eigenvalue weighted by Gasteiger charge is -2.34. The molecule has 0 aliphatic heterocycles. The van der Waals surface area contributed by atoms with E-state index in [-0.39, 0.29) is 25.6 Å². The van der Waals surface area contributed by atoms with Crippen molar-refractivity contribution < 1.29 is 23.8 Å². The van der Waals surface area contributed by atoms with Gasteiger partial charge in [0.15, 0.2) is 12.4 Å². The number of hydrogen-bond acceptors (Lipinski definition) is 5. The first-order valence-corrected chi connectivity index (χ1v) is 12.7. The van der Waals surface area contributed by atoms with Crippen molar-refractivity contribution in [3.05, 3.63) is 145 Å². The van der Waals surface area contributed by atoms with Crippen LogP contribution in [0.3, 0.4) is 0 Å². The summed E-state index contributed by atoms with van der Waals surface area (Å²) in [6, 6.07) is 32.9. The lowest BCUT2D eigenvalue weighted by Crippen LogP contribution is -2.28. The van der Waals surface area contributed by atoms with E-state index < -0.39 is 11.4 Å². The van der Waals surface area contributed by atoms with Crippen LogP contribution in [0.4, 0.5) is 0 Å². The Morgan fingerprint density at radius 1 is 0.641 bits per heavy atom. The number of fused-ring (bicyclic) bond motifs is 3. The van der Waals surface area contributed by atoms with Crippen molar-refractivity contribution in [3.8, 4) is 22.6 Å². The largest absolute Gasteiger partial charge is 0.490 e. The molecule has 39 heavy (non-hydrogen) atoms. The Kier molecular flexibility index (Phi) is 7.41. The van der Waals surface area contributed by atoms with E-state index in [1.807, 2.05) is 24.3 Å². The molecule has 0 radical (unpaired) electrons. The van der Waals surface area contributed by atoms with Crippen LogP contribution in [-0.4, -0.2) is 31.6 Å². The Labute approximate surface area is 228 Å². The standard InChI is InChI=1S/C34H28O5/c1-3-26(35)23-39-28-19-15-25(16-20-28)34(24-13-17-27(18-14-24)37-21-22-38-33(36)4-2)31-11-7-5-9-29(31)30-10-6-8-12-32(30)34/h3-20H,1-2,21-23H2. The van der Waals surface area contributed by atoms with E-state index in [1.165, 1.54) is 28.3 Å². The van der Waals surface area contributed by atoms with Crippen LogP contribution in [0.5, 0.6) is 11.5 Å². The third-order valence-corrected chi connectivity index (χ3v) is 6.90. The Balaban J connectivity index is 1.55. The smallest absolute Gasteiger partial charge is 0.330 e. The minimum Gasteiger partial charge on any atom is -0.490 e. The summed E-state index contributed by atoms with van der Waals surface area (Å²) in [7, 11) is 0. The number of benzene rings is 4. The number of carbonyl (C=O) groups is 2. The molecule has 0 amide bonds. The van der Waals surface area contributed by atoms with Crippen molar-refractivity contribution in [2.75, 3.05) is 19.8 Å². The average Bonchev–Trinajstić information content (AvgIpc) is 3.29. The molecular weight excluding hydrogens is 488 g/mol. The van der Waals surface area contributed by atoms with Gasteiger partial charge in [0.2, 0.25) is 0 Å².